The molecule has 1 heterocycles. The highest BCUT2D eigenvalue weighted by Crippen LogP contribution is 2.11. The summed E-state index contributed by atoms with van der Waals surface area (Å²) in [5.74, 6) is 0.477. The highest BCUT2D eigenvalue weighted by Gasteiger charge is 2.08. The van der Waals surface area contributed by atoms with Crippen molar-refractivity contribution < 1.29 is 0 Å². The minimum Gasteiger partial charge on any atom is -0.273 e. The van der Waals surface area contributed by atoms with E-state index in [1.807, 2.05) is 0 Å². The van der Waals surface area contributed by atoms with Gasteiger partial charge in [0.1, 0.15) is 5.15 Å². The summed E-state index contributed by atoms with van der Waals surface area (Å²) in [5.41, 5.74) is 0.498. The van der Waals surface area contributed by atoms with E-state index < -0.39 is 0 Å². The Bertz CT molecular complexity index is 324. The van der Waals surface area contributed by atoms with Crippen molar-refractivity contribution in [1.82, 2.24) is 9.78 Å². The minimum absolute atomic E-state index is 0.0966. The fraction of sp³-hybridized carbons (Fsp3) is 0.625. The molecule has 12 heavy (non-hydrogen) atoms. The standard InChI is InChI=1S/C8H13ClN2O/c1-5(2)4-11-7(9)6(3)8(12)10-11/h5H,4H2,1-3H3,(H,10,12). The van der Waals surface area contributed by atoms with Gasteiger partial charge in [-0.15, -0.1) is 0 Å². The molecule has 0 aliphatic heterocycles. The van der Waals surface area contributed by atoms with Gasteiger partial charge in [-0.1, -0.05) is 25.4 Å². The summed E-state index contributed by atoms with van der Waals surface area (Å²) < 4.78 is 1.68. The molecule has 68 valence electrons. The number of nitrogens with one attached hydrogen (secondary N) is 1. The highest BCUT2D eigenvalue weighted by molar-refractivity contribution is 6.30. The number of rotatable bonds is 2. The molecule has 0 aromatic carbocycles. The first-order chi connectivity index (χ1) is 5.52. The van der Waals surface area contributed by atoms with Gasteiger partial charge in [-0.2, -0.15) is 0 Å². The average molecular weight is 189 g/mol. The number of halogens is 1. The van der Waals surface area contributed by atoms with E-state index in [9.17, 15) is 4.79 Å². The molecule has 0 unspecified atom stereocenters. The number of hydrogen-bond donors (Lipinski definition) is 1. The summed E-state index contributed by atoms with van der Waals surface area (Å²) in [7, 11) is 0. The van der Waals surface area contributed by atoms with Crippen LogP contribution in [-0.4, -0.2) is 9.78 Å². The van der Waals surface area contributed by atoms with Crippen LogP contribution in [0.15, 0.2) is 4.79 Å². The lowest BCUT2D eigenvalue weighted by Crippen LogP contribution is -2.10. The van der Waals surface area contributed by atoms with Crippen molar-refractivity contribution in [3.05, 3.63) is 21.1 Å². The first-order valence-electron chi connectivity index (χ1n) is 3.97. The molecule has 0 amide bonds. The van der Waals surface area contributed by atoms with Crippen LogP contribution in [0, 0.1) is 12.8 Å². The molecule has 1 N–H and O–H groups in total. The second-order valence-electron chi connectivity index (χ2n) is 3.36. The van der Waals surface area contributed by atoms with Gasteiger partial charge in [0.15, 0.2) is 0 Å². The Balaban J connectivity index is 3.02. The van der Waals surface area contributed by atoms with Crippen LogP contribution in [0.25, 0.3) is 0 Å². The van der Waals surface area contributed by atoms with Gasteiger partial charge in [0.25, 0.3) is 5.56 Å². The van der Waals surface area contributed by atoms with Crippen molar-refractivity contribution >= 4 is 11.6 Å². The molecule has 4 heteroatoms. The van der Waals surface area contributed by atoms with Crippen molar-refractivity contribution in [2.24, 2.45) is 5.92 Å². The Hall–Kier alpha value is -0.700. The predicted octanol–water partition coefficient (Wildman–Crippen LogP) is 1.79. The highest BCUT2D eigenvalue weighted by atomic mass is 35.5. The van der Waals surface area contributed by atoms with E-state index >= 15 is 0 Å². The van der Waals surface area contributed by atoms with Gasteiger partial charge in [0.2, 0.25) is 0 Å². The zero-order valence-electron chi connectivity index (χ0n) is 7.52. The van der Waals surface area contributed by atoms with E-state index in [1.165, 1.54) is 0 Å². The molecule has 0 saturated heterocycles. The van der Waals surface area contributed by atoms with Gasteiger partial charge >= 0.3 is 0 Å². The Morgan fingerprint density at radius 3 is 2.50 bits per heavy atom. The first-order valence-corrected chi connectivity index (χ1v) is 4.35. The summed E-state index contributed by atoms with van der Waals surface area (Å²) in [5, 5.41) is 3.20. The molecule has 1 rings (SSSR count). The third-order valence-electron chi connectivity index (χ3n) is 1.67. The van der Waals surface area contributed by atoms with E-state index in [-0.39, 0.29) is 5.56 Å². The SMILES string of the molecule is Cc1c(Cl)n(CC(C)C)[nH]c1=O. The van der Waals surface area contributed by atoms with Crippen LogP contribution < -0.4 is 5.56 Å². The van der Waals surface area contributed by atoms with Gasteiger partial charge in [0, 0.05) is 6.54 Å². The molecule has 1 aromatic rings. The molecule has 0 atom stereocenters. The van der Waals surface area contributed by atoms with Crippen molar-refractivity contribution in [2.45, 2.75) is 27.3 Å². The smallest absolute Gasteiger partial charge is 0.268 e. The van der Waals surface area contributed by atoms with E-state index in [0.717, 1.165) is 6.54 Å². The van der Waals surface area contributed by atoms with Crippen LogP contribution in [0.2, 0.25) is 5.15 Å². The predicted molar refractivity (Wildman–Crippen MR) is 49.6 cm³/mol. The number of aromatic nitrogens is 2. The average Bonchev–Trinajstić information content (AvgIpc) is 2.17. The molecule has 0 spiro atoms. The summed E-state index contributed by atoms with van der Waals surface area (Å²) in [6.07, 6.45) is 0. The van der Waals surface area contributed by atoms with Crippen LogP contribution in [0.3, 0.4) is 0 Å². The maximum Gasteiger partial charge on any atom is 0.268 e. The third kappa shape index (κ3) is 1.72. The number of aromatic amines is 1. The lowest BCUT2D eigenvalue weighted by molar-refractivity contribution is 0.481. The van der Waals surface area contributed by atoms with Gasteiger partial charge in [0.05, 0.1) is 5.56 Å². The fourth-order valence-electron chi connectivity index (χ4n) is 1.04. The van der Waals surface area contributed by atoms with Crippen molar-refractivity contribution in [3.8, 4) is 0 Å². The topological polar surface area (TPSA) is 37.8 Å². The Labute approximate surface area is 76.3 Å². The summed E-state index contributed by atoms with van der Waals surface area (Å²) in [4.78, 5) is 11.1. The number of hydrogen-bond acceptors (Lipinski definition) is 1. The molecule has 0 bridgehead atoms. The second kappa shape index (κ2) is 3.35. The van der Waals surface area contributed by atoms with E-state index in [4.69, 9.17) is 11.6 Å². The number of nitrogens with zero attached hydrogens (tertiary/aromatic N) is 1. The van der Waals surface area contributed by atoms with Crippen molar-refractivity contribution in [2.75, 3.05) is 0 Å². The maximum absolute atomic E-state index is 11.1. The van der Waals surface area contributed by atoms with Crippen LogP contribution in [0.5, 0.6) is 0 Å². The molecular formula is C8H13ClN2O. The molecule has 0 radical (unpaired) electrons. The molecule has 1 aromatic heterocycles. The van der Waals surface area contributed by atoms with Crippen LogP contribution in [-0.2, 0) is 6.54 Å². The minimum atomic E-state index is -0.0966. The van der Waals surface area contributed by atoms with E-state index in [1.54, 1.807) is 11.6 Å². The molecule has 0 aliphatic carbocycles. The molecular weight excluding hydrogens is 176 g/mol. The number of H-pyrrole nitrogens is 1. The lowest BCUT2D eigenvalue weighted by Gasteiger charge is -2.06. The normalized spacial score (nSPS) is 11.1. The van der Waals surface area contributed by atoms with Crippen LogP contribution in [0.4, 0.5) is 0 Å². The Morgan fingerprint density at radius 2 is 2.17 bits per heavy atom. The van der Waals surface area contributed by atoms with Crippen LogP contribution in [0.1, 0.15) is 19.4 Å². The lowest BCUT2D eigenvalue weighted by atomic mass is 10.2. The molecule has 0 saturated carbocycles. The first kappa shape index (κ1) is 9.39. The molecule has 3 nitrogen and oxygen atoms in total. The quantitative estimate of drug-likeness (QED) is 0.755. The van der Waals surface area contributed by atoms with Gasteiger partial charge in [-0.25, -0.2) is 0 Å². The second-order valence-corrected chi connectivity index (χ2v) is 3.72. The monoisotopic (exact) mass is 188 g/mol. The van der Waals surface area contributed by atoms with Crippen molar-refractivity contribution in [3.63, 3.8) is 0 Å². The van der Waals surface area contributed by atoms with Gasteiger partial charge in [-0.3, -0.25) is 14.6 Å². The maximum atomic E-state index is 11.1. The Kier molecular flexibility index (Phi) is 2.62. The Morgan fingerprint density at radius 1 is 1.58 bits per heavy atom. The van der Waals surface area contributed by atoms with Gasteiger partial charge in [-0.05, 0) is 12.8 Å². The molecule has 0 aliphatic rings. The molecule has 0 fully saturated rings. The van der Waals surface area contributed by atoms with E-state index in [0.29, 0.717) is 16.6 Å². The summed E-state index contributed by atoms with van der Waals surface area (Å²) >= 11 is 5.89. The van der Waals surface area contributed by atoms with Gasteiger partial charge < -0.3 is 0 Å². The zero-order valence-corrected chi connectivity index (χ0v) is 8.27. The summed E-state index contributed by atoms with van der Waals surface area (Å²) in [6, 6.07) is 0. The van der Waals surface area contributed by atoms with E-state index in [2.05, 4.69) is 18.9 Å². The van der Waals surface area contributed by atoms with Crippen molar-refractivity contribution in [1.29, 1.82) is 0 Å². The summed E-state index contributed by atoms with van der Waals surface area (Å²) in [6.45, 7) is 6.62. The van der Waals surface area contributed by atoms with Crippen LogP contribution >= 0.6 is 11.6 Å². The third-order valence-corrected chi connectivity index (χ3v) is 2.16. The zero-order chi connectivity index (χ0) is 9.30. The fourth-order valence-corrected chi connectivity index (χ4v) is 1.24. The largest absolute Gasteiger partial charge is 0.273 e.